The molecule has 1 saturated heterocycles. The molecule has 0 aliphatic carbocycles. The standard InChI is InChI=1S/C10H14N2.CH2O3.ClH.2Cs.H2O/c1-2-4-10(5-3-1)12-8-6-11-7-9-12;2-1(3)4;;;;/h1-5,11H,6-9H2;(H2,2,3,4);1H;;;1H2/q;;;2*+1;/p-2. The maximum absolute atomic E-state index is 8.33. The van der Waals surface area contributed by atoms with Crippen LogP contribution in [0.1, 0.15) is 0 Å². The van der Waals surface area contributed by atoms with Crippen LogP contribution >= 0.6 is 12.4 Å². The first-order valence-electron chi connectivity index (χ1n) is 5.09. The molecule has 0 unspecified atom stereocenters. The molecule has 1 aromatic rings. The van der Waals surface area contributed by atoms with E-state index in [-0.39, 0.29) is 156 Å². The van der Waals surface area contributed by atoms with E-state index in [0.29, 0.717) is 0 Å². The van der Waals surface area contributed by atoms with E-state index in [1.54, 1.807) is 0 Å². The summed E-state index contributed by atoms with van der Waals surface area (Å²) in [4.78, 5) is 10.7. The molecule has 1 fully saturated rings. The summed E-state index contributed by atoms with van der Waals surface area (Å²) in [5, 5.41) is 20.0. The Hall–Kier alpha value is 2.60. The van der Waals surface area contributed by atoms with Crippen molar-refractivity contribution in [2.24, 2.45) is 0 Å². The number of piperazine rings is 1. The summed E-state index contributed by atoms with van der Waals surface area (Å²) < 4.78 is 0. The van der Waals surface area contributed by atoms with E-state index in [0.717, 1.165) is 26.2 Å². The monoisotopic (exact) mass is 542 g/mol. The second kappa shape index (κ2) is 19.7. The van der Waals surface area contributed by atoms with Gasteiger partial charge in [-0.25, -0.2) is 0 Å². The number of carbonyl (C=O) groups is 1. The van der Waals surface area contributed by atoms with Gasteiger partial charge in [0.1, 0.15) is 0 Å². The first kappa shape index (κ1) is 30.5. The smallest absolute Gasteiger partial charge is 0.652 e. The molecular formula is C11H17ClCs2N2O4. The zero-order valence-corrected chi connectivity index (χ0v) is 25.2. The zero-order chi connectivity index (χ0) is 11.8. The quantitative estimate of drug-likeness (QED) is 0.379. The predicted molar refractivity (Wildman–Crippen MR) is 67.8 cm³/mol. The van der Waals surface area contributed by atoms with Crippen molar-refractivity contribution in [3.63, 3.8) is 0 Å². The predicted octanol–water partition coefficient (Wildman–Crippen LogP) is -7.75. The maximum Gasteiger partial charge on any atom is 1.00 e. The Morgan fingerprint density at radius 2 is 1.45 bits per heavy atom. The Morgan fingerprint density at radius 3 is 1.85 bits per heavy atom. The molecule has 20 heavy (non-hydrogen) atoms. The number of halogens is 1. The van der Waals surface area contributed by atoms with Gasteiger partial charge in [0.2, 0.25) is 0 Å². The van der Waals surface area contributed by atoms with Crippen LogP contribution in [-0.4, -0.2) is 37.8 Å². The summed E-state index contributed by atoms with van der Waals surface area (Å²) >= 11 is 0. The van der Waals surface area contributed by atoms with Crippen molar-refractivity contribution in [1.82, 2.24) is 5.32 Å². The van der Waals surface area contributed by atoms with Gasteiger partial charge in [0.05, 0.1) is 0 Å². The first-order valence-corrected chi connectivity index (χ1v) is 5.09. The number of hydrogen-bond acceptors (Lipinski definition) is 5. The summed E-state index contributed by atoms with van der Waals surface area (Å²) in [5.74, 6) is 0. The number of nitrogens with zero attached hydrogens (tertiary/aromatic N) is 1. The molecule has 1 aliphatic heterocycles. The third kappa shape index (κ3) is 15.5. The van der Waals surface area contributed by atoms with Gasteiger partial charge in [0, 0.05) is 31.9 Å². The van der Waals surface area contributed by atoms with Crippen LogP contribution < -0.4 is 158 Å². The van der Waals surface area contributed by atoms with Crippen LogP contribution in [0.5, 0.6) is 0 Å². The fraction of sp³-hybridized carbons (Fsp3) is 0.364. The molecule has 0 amide bonds. The van der Waals surface area contributed by atoms with E-state index in [9.17, 15) is 0 Å². The van der Waals surface area contributed by atoms with E-state index < -0.39 is 6.16 Å². The van der Waals surface area contributed by atoms with Crippen LogP contribution in [0.15, 0.2) is 30.3 Å². The Morgan fingerprint density at radius 1 is 1.05 bits per heavy atom. The van der Waals surface area contributed by atoms with Crippen LogP contribution in [0, 0.1) is 0 Å². The van der Waals surface area contributed by atoms with Gasteiger partial charge in [0.15, 0.2) is 0 Å². The van der Waals surface area contributed by atoms with E-state index in [4.69, 9.17) is 15.0 Å². The molecule has 104 valence electrons. The molecule has 1 heterocycles. The third-order valence-electron chi connectivity index (χ3n) is 2.24. The van der Waals surface area contributed by atoms with Gasteiger partial charge in [-0.1, -0.05) is 18.2 Å². The van der Waals surface area contributed by atoms with E-state index in [1.807, 2.05) is 0 Å². The Balaban J connectivity index is -0.000000145. The Kier molecular flexibility index (Phi) is 29.9. The van der Waals surface area contributed by atoms with Crippen molar-refractivity contribution in [2.45, 2.75) is 0 Å². The molecule has 9 heteroatoms. The number of carboxylic acid groups (broad SMARTS) is 2. The van der Waals surface area contributed by atoms with Crippen LogP contribution in [0.3, 0.4) is 0 Å². The molecule has 1 aromatic carbocycles. The molecule has 0 bridgehead atoms. The van der Waals surface area contributed by atoms with Crippen molar-refractivity contribution in [1.29, 1.82) is 0 Å². The number of nitrogens with one attached hydrogen (secondary N) is 1. The Labute approximate surface area is 243 Å². The third-order valence-corrected chi connectivity index (χ3v) is 2.24. The minimum atomic E-state index is -2.33. The molecular weight excluding hydrogens is 525 g/mol. The average molecular weight is 543 g/mol. The number of para-hydroxylation sites is 1. The number of carbonyl (C=O) groups excluding carboxylic acids is 1. The van der Waals surface area contributed by atoms with E-state index in [2.05, 4.69) is 40.5 Å². The van der Waals surface area contributed by atoms with Crippen molar-refractivity contribution < 1.29 is 158 Å². The molecule has 0 spiro atoms. The second-order valence-corrected chi connectivity index (χ2v) is 3.32. The summed E-state index contributed by atoms with van der Waals surface area (Å²) in [5.41, 5.74) is 1.35. The molecule has 0 aromatic heterocycles. The molecule has 0 radical (unpaired) electrons. The SMILES string of the molecule is Cl.O.O=C([O-])[O-].[Cs+].[Cs+].c1ccc(N2CCNCC2)cc1. The molecule has 0 saturated carbocycles. The van der Waals surface area contributed by atoms with Crippen LogP contribution in [-0.2, 0) is 0 Å². The molecule has 6 nitrogen and oxygen atoms in total. The fourth-order valence-corrected chi connectivity index (χ4v) is 1.56. The van der Waals surface area contributed by atoms with Gasteiger partial charge in [-0.3, -0.25) is 0 Å². The van der Waals surface area contributed by atoms with Crippen molar-refractivity contribution in [3.05, 3.63) is 30.3 Å². The normalized spacial score (nSPS) is 11.9. The molecule has 3 N–H and O–H groups in total. The summed E-state index contributed by atoms with van der Waals surface area (Å²) in [6.45, 7) is 4.47. The summed E-state index contributed by atoms with van der Waals surface area (Å²) in [6.07, 6.45) is -2.33. The number of hydrogen-bond donors (Lipinski definition) is 1. The largest absolute Gasteiger partial charge is 1.00 e. The van der Waals surface area contributed by atoms with E-state index >= 15 is 0 Å². The first-order chi connectivity index (χ1) is 7.70. The van der Waals surface area contributed by atoms with Gasteiger partial charge in [-0.2, -0.15) is 0 Å². The van der Waals surface area contributed by atoms with Crippen LogP contribution in [0.2, 0.25) is 0 Å². The average Bonchev–Trinajstić information content (AvgIpc) is 2.31. The van der Waals surface area contributed by atoms with Crippen LogP contribution in [0.4, 0.5) is 10.5 Å². The number of benzene rings is 1. The number of anilines is 1. The van der Waals surface area contributed by atoms with Gasteiger partial charge < -0.3 is 30.7 Å². The van der Waals surface area contributed by atoms with Gasteiger partial charge >= 0.3 is 138 Å². The molecule has 1 aliphatic rings. The van der Waals surface area contributed by atoms with E-state index in [1.165, 1.54) is 5.69 Å². The second-order valence-electron chi connectivity index (χ2n) is 3.32. The van der Waals surface area contributed by atoms with Gasteiger partial charge in [-0.05, 0) is 18.3 Å². The summed E-state index contributed by atoms with van der Waals surface area (Å²) in [6, 6.07) is 10.6. The van der Waals surface area contributed by atoms with Crippen LogP contribution in [0.25, 0.3) is 0 Å². The molecule has 2 rings (SSSR count). The number of rotatable bonds is 1. The summed E-state index contributed by atoms with van der Waals surface area (Å²) in [7, 11) is 0. The van der Waals surface area contributed by atoms with Gasteiger partial charge in [-0.15, -0.1) is 12.4 Å². The van der Waals surface area contributed by atoms with Crippen molar-refractivity contribution >= 4 is 24.2 Å². The Bertz CT molecular complexity index is 323. The van der Waals surface area contributed by atoms with Crippen molar-refractivity contribution in [2.75, 3.05) is 31.1 Å². The minimum Gasteiger partial charge on any atom is -0.652 e. The minimum absolute atomic E-state index is 0. The topological polar surface area (TPSA) is 110 Å². The van der Waals surface area contributed by atoms with Gasteiger partial charge in [0.25, 0.3) is 0 Å². The van der Waals surface area contributed by atoms with Crippen molar-refractivity contribution in [3.8, 4) is 0 Å². The zero-order valence-electron chi connectivity index (χ0n) is 11.8. The fourth-order valence-electron chi connectivity index (χ4n) is 1.56. The molecule has 0 atom stereocenters. The maximum atomic E-state index is 8.33.